The minimum Gasteiger partial charge on any atom is -0.457 e. The zero-order valence-corrected chi connectivity index (χ0v) is 17.0. The number of hydrogen-bond acceptors (Lipinski definition) is 6. The molecule has 5 rings (SSSR count). The predicted molar refractivity (Wildman–Crippen MR) is 110 cm³/mol. The molecule has 5 aromatic rings. The highest BCUT2D eigenvalue weighted by molar-refractivity contribution is 9.10. The zero-order chi connectivity index (χ0) is 21.6. The van der Waals surface area contributed by atoms with E-state index in [0.29, 0.717) is 39.7 Å². The van der Waals surface area contributed by atoms with Gasteiger partial charge in [0.15, 0.2) is 0 Å². The van der Waals surface area contributed by atoms with Gasteiger partial charge in [-0.1, -0.05) is 0 Å². The number of alkyl halides is 3. The molecule has 156 valence electrons. The minimum absolute atomic E-state index is 0.254. The number of aromatic amines is 1. The molecule has 31 heavy (non-hydrogen) atoms. The van der Waals surface area contributed by atoms with Gasteiger partial charge in [0.05, 0.1) is 11.1 Å². The molecule has 0 atom stereocenters. The first-order chi connectivity index (χ1) is 14.8. The summed E-state index contributed by atoms with van der Waals surface area (Å²) in [6.07, 6.45) is -4.44. The molecule has 0 unspecified atom stereocenters. The first-order valence-electron chi connectivity index (χ1n) is 8.89. The summed E-state index contributed by atoms with van der Waals surface area (Å²) in [4.78, 5) is 7.17. The van der Waals surface area contributed by atoms with E-state index in [0.717, 1.165) is 12.1 Å². The second-order valence-electron chi connectivity index (χ2n) is 6.60. The van der Waals surface area contributed by atoms with Gasteiger partial charge < -0.3 is 15.0 Å². The molecule has 0 aliphatic heterocycles. The van der Waals surface area contributed by atoms with Gasteiger partial charge in [-0.2, -0.15) is 13.2 Å². The molecular formula is C20H11BrF3N5O2. The average Bonchev–Trinajstić information content (AvgIpc) is 3.35. The largest absolute Gasteiger partial charge is 0.457 e. The number of nitrogens with zero attached hydrogens (tertiary/aromatic N) is 3. The van der Waals surface area contributed by atoms with Crippen molar-refractivity contribution in [3.63, 3.8) is 0 Å². The summed E-state index contributed by atoms with van der Waals surface area (Å²) >= 11 is 3.15. The molecule has 3 aromatic carbocycles. The van der Waals surface area contributed by atoms with Gasteiger partial charge in [0.2, 0.25) is 5.95 Å². The number of benzene rings is 3. The van der Waals surface area contributed by atoms with Crippen LogP contribution in [0.15, 0.2) is 63.7 Å². The average molecular weight is 490 g/mol. The Labute approximate surface area is 180 Å². The van der Waals surface area contributed by atoms with Gasteiger partial charge in [0, 0.05) is 16.2 Å². The van der Waals surface area contributed by atoms with Crippen LogP contribution < -0.4 is 10.1 Å². The number of fused-ring (bicyclic) bond motifs is 2. The molecule has 0 bridgehead atoms. The number of ether oxygens (including phenoxy) is 1. The van der Waals surface area contributed by atoms with Crippen LogP contribution in [0, 0.1) is 0 Å². The molecule has 7 nitrogen and oxygen atoms in total. The topological polar surface area (TPSA) is 88.9 Å². The summed E-state index contributed by atoms with van der Waals surface area (Å²) in [5.41, 5.74) is 1.79. The van der Waals surface area contributed by atoms with E-state index in [-0.39, 0.29) is 9.99 Å². The fourth-order valence-electron chi connectivity index (χ4n) is 3.00. The van der Waals surface area contributed by atoms with Gasteiger partial charge in [0.25, 0.3) is 0 Å². The van der Waals surface area contributed by atoms with Gasteiger partial charge in [0.1, 0.15) is 28.0 Å². The molecule has 0 radical (unpaired) electrons. The third kappa shape index (κ3) is 3.91. The highest BCUT2D eigenvalue weighted by atomic mass is 79.9. The lowest BCUT2D eigenvalue weighted by atomic mass is 10.2. The van der Waals surface area contributed by atoms with E-state index in [4.69, 9.17) is 4.74 Å². The van der Waals surface area contributed by atoms with Crippen molar-refractivity contribution in [1.82, 2.24) is 20.3 Å². The highest BCUT2D eigenvalue weighted by Crippen LogP contribution is 2.35. The Bertz CT molecular complexity index is 1400. The van der Waals surface area contributed by atoms with Crippen LogP contribution in [0.2, 0.25) is 0 Å². The molecule has 2 heterocycles. The van der Waals surface area contributed by atoms with Crippen LogP contribution in [0.5, 0.6) is 11.5 Å². The number of hydrogen-bond donors (Lipinski definition) is 2. The molecule has 0 saturated heterocycles. The van der Waals surface area contributed by atoms with Crippen molar-refractivity contribution in [3.05, 3.63) is 64.6 Å². The molecule has 0 amide bonds. The number of halogens is 4. The van der Waals surface area contributed by atoms with Crippen LogP contribution in [0.3, 0.4) is 0 Å². The number of rotatable bonds is 4. The van der Waals surface area contributed by atoms with E-state index in [1.165, 1.54) is 0 Å². The maximum absolute atomic E-state index is 13.0. The second-order valence-corrected chi connectivity index (χ2v) is 7.46. The summed E-state index contributed by atoms with van der Waals surface area (Å²) in [6, 6.07) is 14.2. The number of anilines is 2. The van der Waals surface area contributed by atoms with E-state index in [2.05, 4.69) is 46.2 Å². The monoisotopic (exact) mass is 489 g/mol. The smallest absolute Gasteiger partial charge is 0.416 e. The summed E-state index contributed by atoms with van der Waals surface area (Å²) < 4.78 is 49.7. The minimum atomic E-state index is -4.44. The lowest BCUT2D eigenvalue weighted by Crippen LogP contribution is -2.04. The number of H-pyrrole nitrogens is 1. The first kappa shape index (κ1) is 19.4. The molecule has 0 spiro atoms. The van der Waals surface area contributed by atoms with Gasteiger partial charge in [-0.25, -0.2) is 9.61 Å². The normalized spacial score (nSPS) is 11.9. The Morgan fingerprint density at radius 1 is 0.935 bits per heavy atom. The van der Waals surface area contributed by atoms with Crippen molar-refractivity contribution in [1.29, 1.82) is 0 Å². The Hall–Kier alpha value is -3.60. The van der Waals surface area contributed by atoms with Crippen molar-refractivity contribution in [2.45, 2.75) is 6.18 Å². The second kappa shape index (κ2) is 7.27. The van der Waals surface area contributed by atoms with E-state index in [1.54, 1.807) is 42.5 Å². The molecule has 0 aliphatic carbocycles. The van der Waals surface area contributed by atoms with Crippen LogP contribution in [-0.2, 0) is 6.18 Å². The van der Waals surface area contributed by atoms with Crippen LogP contribution >= 0.6 is 15.9 Å². The van der Waals surface area contributed by atoms with Crippen LogP contribution in [0.1, 0.15) is 5.56 Å². The molecule has 0 saturated carbocycles. The van der Waals surface area contributed by atoms with Crippen molar-refractivity contribution >= 4 is 49.6 Å². The van der Waals surface area contributed by atoms with Crippen molar-refractivity contribution in [2.24, 2.45) is 0 Å². The molecule has 0 fully saturated rings. The first-order valence-corrected chi connectivity index (χ1v) is 9.68. The maximum atomic E-state index is 13.0. The SMILES string of the molecule is FC(F)(F)c1cc(Br)c2nc(Nc3ccc(Oc4ccc5nonc5c4)cc3)[nH]c2c1. The van der Waals surface area contributed by atoms with E-state index >= 15 is 0 Å². The number of aromatic nitrogens is 4. The molecule has 2 N–H and O–H groups in total. The Balaban J connectivity index is 1.34. The van der Waals surface area contributed by atoms with Gasteiger partial charge in [-0.15, -0.1) is 0 Å². The van der Waals surface area contributed by atoms with E-state index < -0.39 is 11.7 Å². The highest BCUT2D eigenvalue weighted by Gasteiger charge is 2.31. The van der Waals surface area contributed by atoms with Gasteiger partial charge >= 0.3 is 6.18 Å². The molecule has 0 aliphatic rings. The van der Waals surface area contributed by atoms with Gasteiger partial charge in [-0.05, 0) is 74.8 Å². The maximum Gasteiger partial charge on any atom is 0.416 e. The summed E-state index contributed by atoms with van der Waals surface area (Å²) in [5.74, 6) is 1.47. The van der Waals surface area contributed by atoms with Gasteiger partial charge in [-0.3, -0.25) is 0 Å². The van der Waals surface area contributed by atoms with Crippen molar-refractivity contribution in [3.8, 4) is 11.5 Å². The third-order valence-electron chi connectivity index (χ3n) is 4.45. The lowest BCUT2D eigenvalue weighted by Gasteiger charge is -2.07. The molecule has 2 aromatic heterocycles. The summed E-state index contributed by atoms with van der Waals surface area (Å²) in [7, 11) is 0. The zero-order valence-electron chi connectivity index (χ0n) is 15.4. The standard InChI is InChI=1S/C20H11BrF3N5O2/c21-14-7-10(20(22,23)24)8-17-18(14)27-19(26-17)25-11-1-3-12(4-2-11)30-13-5-6-15-16(9-13)29-31-28-15/h1-9H,(H2,25,26,27). The quantitative estimate of drug-likeness (QED) is 0.303. The molecule has 11 heteroatoms. The lowest BCUT2D eigenvalue weighted by molar-refractivity contribution is -0.137. The fourth-order valence-corrected chi connectivity index (χ4v) is 3.55. The van der Waals surface area contributed by atoms with Crippen LogP contribution in [-0.4, -0.2) is 20.3 Å². The fraction of sp³-hybridized carbons (Fsp3) is 0.0500. The summed E-state index contributed by atoms with van der Waals surface area (Å²) in [5, 5.41) is 10.5. The molecular weight excluding hydrogens is 479 g/mol. The van der Waals surface area contributed by atoms with Crippen molar-refractivity contribution < 1.29 is 22.5 Å². The summed E-state index contributed by atoms with van der Waals surface area (Å²) in [6.45, 7) is 0. The van der Waals surface area contributed by atoms with Crippen molar-refractivity contribution in [2.75, 3.05) is 5.32 Å². The number of imidazole rings is 1. The van der Waals surface area contributed by atoms with E-state index in [9.17, 15) is 13.2 Å². The van der Waals surface area contributed by atoms with Crippen LogP contribution in [0.4, 0.5) is 24.8 Å². The Morgan fingerprint density at radius 2 is 1.68 bits per heavy atom. The van der Waals surface area contributed by atoms with E-state index in [1.807, 2.05) is 0 Å². The number of nitrogens with one attached hydrogen (secondary N) is 2. The predicted octanol–water partition coefficient (Wildman–Crippen LogP) is 6.42. The Morgan fingerprint density at radius 3 is 2.45 bits per heavy atom. The van der Waals surface area contributed by atoms with Crippen LogP contribution in [0.25, 0.3) is 22.1 Å². The third-order valence-corrected chi connectivity index (χ3v) is 5.05. The Kier molecular flexibility index (Phi) is 4.54.